The molecular formula is C16H17F3N4OS. The maximum absolute atomic E-state index is 13.2. The molecule has 0 aliphatic heterocycles. The number of aryl methyl sites for hydroxylation is 1. The highest BCUT2D eigenvalue weighted by atomic mass is 32.1. The Balaban J connectivity index is 2.07. The number of furan rings is 1. The molecule has 3 heterocycles. The zero-order valence-corrected chi connectivity index (χ0v) is 14.5. The van der Waals surface area contributed by atoms with E-state index in [1.54, 1.807) is 19.1 Å². The van der Waals surface area contributed by atoms with Crippen molar-refractivity contribution in [3.05, 3.63) is 40.4 Å². The van der Waals surface area contributed by atoms with Gasteiger partial charge in [0.15, 0.2) is 0 Å². The summed E-state index contributed by atoms with van der Waals surface area (Å²) < 4.78 is 45.3. The molecule has 0 amide bonds. The third-order valence-corrected chi connectivity index (χ3v) is 4.95. The number of aromatic nitrogens is 2. The number of thiophene rings is 1. The largest absolute Gasteiger partial charge is 0.467 e. The molecular weight excluding hydrogens is 353 g/mol. The van der Waals surface area contributed by atoms with E-state index in [-0.39, 0.29) is 18.4 Å². The van der Waals surface area contributed by atoms with Gasteiger partial charge in [-0.05, 0) is 38.0 Å². The van der Waals surface area contributed by atoms with Gasteiger partial charge in [0.05, 0.1) is 23.0 Å². The third-order valence-electron chi connectivity index (χ3n) is 3.64. The van der Waals surface area contributed by atoms with Crippen LogP contribution in [-0.4, -0.2) is 16.0 Å². The molecule has 0 aromatic carbocycles. The van der Waals surface area contributed by atoms with E-state index in [0.717, 1.165) is 4.88 Å². The van der Waals surface area contributed by atoms with Crippen LogP contribution in [0.2, 0.25) is 0 Å². The highest BCUT2D eigenvalue weighted by molar-refractivity contribution is 7.19. The zero-order valence-electron chi connectivity index (χ0n) is 13.6. The molecule has 9 heteroatoms. The lowest BCUT2D eigenvalue weighted by atomic mass is 10.1. The number of hydrogen-bond donors (Lipinski definition) is 2. The summed E-state index contributed by atoms with van der Waals surface area (Å²) in [7, 11) is 0. The fourth-order valence-electron chi connectivity index (χ4n) is 2.45. The number of hydrogen-bond acceptors (Lipinski definition) is 6. The number of anilines is 1. The second-order valence-corrected chi connectivity index (χ2v) is 6.94. The van der Waals surface area contributed by atoms with Gasteiger partial charge in [0, 0.05) is 10.9 Å². The Hall–Kier alpha value is -2.13. The van der Waals surface area contributed by atoms with E-state index in [9.17, 15) is 13.2 Å². The molecule has 3 rings (SSSR count). The monoisotopic (exact) mass is 370 g/mol. The summed E-state index contributed by atoms with van der Waals surface area (Å²) >= 11 is 1.37. The lowest BCUT2D eigenvalue weighted by molar-refractivity contribution is -0.144. The molecule has 0 radical (unpaired) electrons. The minimum atomic E-state index is -4.62. The number of halogens is 3. The fraction of sp³-hybridized carbons (Fsp3) is 0.375. The standard InChI is InChI=1S/C16H17F3N4OS/c1-8(20)6-11-9(2)12-13(25-11)14(21-7-10-4-3-5-24-10)23-15(22-12)16(17,18)19/h3-5,8H,6-7,20H2,1-2H3,(H,21,22,23)/t8-/m0/s1. The van der Waals surface area contributed by atoms with E-state index < -0.39 is 12.0 Å². The van der Waals surface area contributed by atoms with Crippen LogP contribution in [0, 0.1) is 6.92 Å². The van der Waals surface area contributed by atoms with E-state index in [1.807, 2.05) is 6.92 Å². The van der Waals surface area contributed by atoms with Gasteiger partial charge in [-0.15, -0.1) is 11.3 Å². The molecule has 3 aromatic heterocycles. The van der Waals surface area contributed by atoms with Crippen molar-refractivity contribution in [1.29, 1.82) is 0 Å². The van der Waals surface area contributed by atoms with Crippen LogP contribution >= 0.6 is 11.3 Å². The van der Waals surface area contributed by atoms with E-state index in [2.05, 4.69) is 15.3 Å². The topological polar surface area (TPSA) is 77.0 Å². The van der Waals surface area contributed by atoms with Crippen LogP contribution in [-0.2, 0) is 19.1 Å². The second kappa shape index (κ2) is 6.64. The Labute approximate surface area is 146 Å². The van der Waals surface area contributed by atoms with Crippen LogP contribution < -0.4 is 11.1 Å². The summed E-state index contributed by atoms with van der Waals surface area (Å²) in [6, 6.07) is 3.35. The number of fused-ring (bicyclic) bond motifs is 1. The minimum absolute atomic E-state index is 0.0960. The minimum Gasteiger partial charge on any atom is -0.467 e. The van der Waals surface area contributed by atoms with Crippen LogP contribution in [0.25, 0.3) is 10.2 Å². The van der Waals surface area contributed by atoms with E-state index in [1.165, 1.54) is 17.6 Å². The molecule has 0 saturated carbocycles. The molecule has 1 atom stereocenters. The van der Waals surface area contributed by atoms with Crippen molar-refractivity contribution in [3.63, 3.8) is 0 Å². The Morgan fingerprint density at radius 1 is 1.36 bits per heavy atom. The molecule has 0 spiro atoms. The number of alkyl halides is 3. The van der Waals surface area contributed by atoms with Gasteiger partial charge in [0.25, 0.3) is 0 Å². The molecule has 0 bridgehead atoms. The summed E-state index contributed by atoms with van der Waals surface area (Å²) in [6.07, 6.45) is -2.54. The Morgan fingerprint density at radius 3 is 2.72 bits per heavy atom. The first-order chi connectivity index (χ1) is 11.8. The van der Waals surface area contributed by atoms with Crippen LogP contribution in [0.1, 0.15) is 28.9 Å². The number of rotatable bonds is 5. The van der Waals surface area contributed by atoms with Gasteiger partial charge < -0.3 is 15.5 Å². The maximum atomic E-state index is 13.2. The molecule has 0 fully saturated rings. The van der Waals surface area contributed by atoms with Gasteiger partial charge in [0.2, 0.25) is 5.82 Å². The summed E-state index contributed by atoms with van der Waals surface area (Å²) in [4.78, 5) is 8.36. The highest BCUT2D eigenvalue weighted by Crippen LogP contribution is 2.37. The Kier molecular flexibility index (Phi) is 4.70. The Bertz CT molecular complexity index is 872. The second-order valence-electron chi connectivity index (χ2n) is 5.84. The predicted molar refractivity (Wildman–Crippen MR) is 90.5 cm³/mol. The number of nitrogens with two attached hydrogens (primary N) is 1. The fourth-order valence-corrected chi connectivity index (χ4v) is 3.80. The van der Waals surface area contributed by atoms with Crippen molar-refractivity contribution in [2.75, 3.05) is 5.32 Å². The summed E-state index contributed by atoms with van der Waals surface area (Å²) in [6.45, 7) is 3.85. The van der Waals surface area contributed by atoms with Gasteiger partial charge in [-0.2, -0.15) is 13.2 Å². The molecule has 25 heavy (non-hydrogen) atoms. The summed E-state index contributed by atoms with van der Waals surface area (Å²) in [5, 5.41) is 2.93. The molecule has 0 saturated heterocycles. The van der Waals surface area contributed by atoms with Crippen LogP contribution in [0.3, 0.4) is 0 Å². The van der Waals surface area contributed by atoms with Gasteiger partial charge >= 0.3 is 6.18 Å². The predicted octanol–water partition coefficient (Wildman–Crippen LogP) is 4.11. The quantitative estimate of drug-likeness (QED) is 0.707. The highest BCUT2D eigenvalue weighted by Gasteiger charge is 2.36. The first-order valence-electron chi connectivity index (χ1n) is 7.64. The van der Waals surface area contributed by atoms with Crippen molar-refractivity contribution in [2.45, 2.75) is 39.0 Å². The van der Waals surface area contributed by atoms with Crippen LogP contribution in [0.15, 0.2) is 22.8 Å². The lowest BCUT2D eigenvalue weighted by Crippen LogP contribution is -2.17. The number of nitrogens with one attached hydrogen (secondary N) is 1. The molecule has 0 unspecified atom stereocenters. The SMILES string of the molecule is Cc1c(C[C@H](C)N)sc2c(NCc3ccco3)nc(C(F)(F)F)nc12. The van der Waals surface area contributed by atoms with Crippen molar-refractivity contribution in [3.8, 4) is 0 Å². The van der Waals surface area contributed by atoms with Crippen LogP contribution in [0.4, 0.5) is 19.0 Å². The normalized spacial score (nSPS) is 13.4. The first kappa shape index (κ1) is 17.7. The van der Waals surface area contributed by atoms with E-state index in [0.29, 0.717) is 28.0 Å². The lowest BCUT2D eigenvalue weighted by Gasteiger charge is -2.10. The molecule has 5 nitrogen and oxygen atoms in total. The van der Waals surface area contributed by atoms with E-state index >= 15 is 0 Å². The summed E-state index contributed by atoms with van der Waals surface area (Å²) in [5.41, 5.74) is 6.86. The molecule has 3 aromatic rings. The van der Waals surface area contributed by atoms with Gasteiger partial charge in [-0.3, -0.25) is 0 Å². The molecule has 134 valence electrons. The summed E-state index contributed by atoms with van der Waals surface area (Å²) in [5.74, 6) is -0.405. The number of nitrogens with zero attached hydrogens (tertiary/aromatic N) is 2. The van der Waals surface area contributed by atoms with Crippen molar-refractivity contribution < 1.29 is 17.6 Å². The Morgan fingerprint density at radius 2 is 2.12 bits per heavy atom. The van der Waals surface area contributed by atoms with Crippen molar-refractivity contribution in [1.82, 2.24) is 9.97 Å². The third kappa shape index (κ3) is 3.77. The zero-order chi connectivity index (χ0) is 18.2. The smallest absolute Gasteiger partial charge is 0.451 e. The first-order valence-corrected chi connectivity index (χ1v) is 8.46. The van der Waals surface area contributed by atoms with Crippen LogP contribution in [0.5, 0.6) is 0 Å². The molecule has 3 N–H and O–H groups in total. The van der Waals surface area contributed by atoms with E-state index in [4.69, 9.17) is 10.2 Å². The van der Waals surface area contributed by atoms with Gasteiger partial charge in [-0.1, -0.05) is 0 Å². The average molecular weight is 370 g/mol. The van der Waals surface area contributed by atoms with Gasteiger partial charge in [-0.25, -0.2) is 9.97 Å². The maximum Gasteiger partial charge on any atom is 0.451 e. The molecule has 0 aliphatic rings. The van der Waals surface area contributed by atoms with Crippen molar-refractivity contribution >= 4 is 27.4 Å². The van der Waals surface area contributed by atoms with Crippen molar-refractivity contribution in [2.24, 2.45) is 5.73 Å². The molecule has 0 aliphatic carbocycles. The van der Waals surface area contributed by atoms with Gasteiger partial charge in [0.1, 0.15) is 11.6 Å². The average Bonchev–Trinajstić information content (AvgIpc) is 3.13.